The molecule has 0 aliphatic carbocycles. The summed E-state index contributed by atoms with van der Waals surface area (Å²) in [7, 11) is 0. The fourth-order valence-corrected chi connectivity index (χ4v) is 4.29. The highest BCUT2D eigenvalue weighted by molar-refractivity contribution is 5.92. The molecule has 1 heterocycles. The van der Waals surface area contributed by atoms with Crippen molar-refractivity contribution in [1.82, 2.24) is 10.2 Å². The van der Waals surface area contributed by atoms with E-state index >= 15 is 0 Å². The predicted octanol–water partition coefficient (Wildman–Crippen LogP) is 4.51. The van der Waals surface area contributed by atoms with E-state index in [1.54, 1.807) is 18.2 Å². The molecule has 1 amide bonds. The lowest BCUT2D eigenvalue weighted by atomic mass is 9.79. The number of benzene rings is 1. The Hall–Kier alpha value is -2.12. The average Bonchev–Trinajstić information content (AvgIpc) is 2.57. The molecule has 1 aliphatic heterocycles. The summed E-state index contributed by atoms with van der Waals surface area (Å²) in [5.74, 6) is 0.0368. The first-order valence-corrected chi connectivity index (χ1v) is 9.94. The van der Waals surface area contributed by atoms with Crippen molar-refractivity contribution in [3.8, 4) is 6.07 Å². The summed E-state index contributed by atoms with van der Waals surface area (Å²) in [4.78, 5) is 15.1. The first-order chi connectivity index (χ1) is 12.7. The average molecular weight is 368 g/mol. The molecule has 1 N–H and O–H groups in total. The zero-order valence-electron chi connectivity index (χ0n) is 17.4. The van der Waals surface area contributed by atoms with Crippen LogP contribution in [0.3, 0.4) is 0 Å². The topological polar surface area (TPSA) is 56.1 Å². The maximum Gasteiger partial charge on any atom is 0.246 e. The second kappa shape index (κ2) is 8.71. The molecule has 0 spiro atoms. The van der Waals surface area contributed by atoms with Crippen molar-refractivity contribution in [1.29, 1.82) is 5.26 Å². The summed E-state index contributed by atoms with van der Waals surface area (Å²) in [5, 5.41) is 12.9. The fourth-order valence-electron chi connectivity index (χ4n) is 4.29. The minimum atomic E-state index is -0.00567. The van der Waals surface area contributed by atoms with Gasteiger partial charge in [0.05, 0.1) is 11.6 Å². The van der Waals surface area contributed by atoms with Gasteiger partial charge in [0.25, 0.3) is 0 Å². The van der Waals surface area contributed by atoms with E-state index in [1.807, 2.05) is 23.1 Å². The van der Waals surface area contributed by atoms with Gasteiger partial charge in [0.1, 0.15) is 0 Å². The number of carbonyl (C=O) groups is 1. The lowest BCUT2D eigenvalue weighted by Gasteiger charge is -2.49. The Morgan fingerprint density at radius 2 is 1.89 bits per heavy atom. The number of hydrogen-bond acceptors (Lipinski definition) is 3. The van der Waals surface area contributed by atoms with E-state index in [2.05, 4.69) is 46.0 Å². The fraction of sp³-hybridized carbons (Fsp3) is 0.565. The van der Waals surface area contributed by atoms with Gasteiger partial charge in [-0.3, -0.25) is 4.79 Å². The van der Waals surface area contributed by atoms with Crippen molar-refractivity contribution in [3.63, 3.8) is 0 Å². The van der Waals surface area contributed by atoms with Gasteiger partial charge in [-0.1, -0.05) is 31.5 Å². The van der Waals surface area contributed by atoms with E-state index in [-0.39, 0.29) is 23.0 Å². The normalized spacial score (nSPS) is 19.0. The number of piperidine rings is 1. The lowest BCUT2D eigenvalue weighted by molar-refractivity contribution is -0.130. The Morgan fingerprint density at radius 3 is 2.48 bits per heavy atom. The number of rotatable bonds is 6. The number of hydrogen-bond donors (Lipinski definition) is 1. The lowest BCUT2D eigenvalue weighted by Crippen LogP contribution is -2.62. The van der Waals surface area contributed by atoms with E-state index in [4.69, 9.17) is 0 Å². The molecule has 27 heavy (non-hydrogen) atoms. The highest BCUT2D eigenvalue weighted by atomic mass is 16.2. The van der Waals surface area contributed by atoms with Gasteiger partial charge in [0.2, 0.25) is 5.91 Å². The molecule has 146 valence electrons. The Labute approximate surface area is 164 Å². The van der Waals surface area contributed by atoms with Crippen LogP contribution in [0.15, 0.2) is 30.3 Å². The first-order valence-electron chi connectivity index (χ1n) is 9.94. The van der Waals surface area contributed by atoms with Gasteiger partial charge < -0.3 is 10.2 Å². The van der Waals surface area contributed by atoms with Crippen LogP contribution in [0.2, 0.25) is 0 Å². The molecule has 0 atom stereocenters. The van der Waals surface area contributed by atoms with E-state index in [1.165, 1.54) is 0 Å². The molecule has 0 aromatic heterocycles. The van der Waals surface area contributed by atoms with E-state index in [9.17, 15) is 10.1 Å². The summed E-state index contributed by atoms with van der Waals surface area (Å²) in [6, 6.07) is 9.77. The minimum Gasteiger partial charge on any atom is -0.336 e. The van der Waals surface area contributed by atoms with E-state index in [0.717, 1.165) is 37.8 Å². The van der Waals surface area contributed by atoms with Crippen LogP contribution in [0.4, 0.5) is 0 Å². The number of amides is 1. The second-order valence-electron chi connectivity index (χ2n) is 8.87. The highest BCUT2D eigenvalue weighted by Gasteiger charge is 2.40. The van der Waals surface area contributed by atoms with Gasteiger partial charge >= 0.3 is 0 Å². The van der Waals surface area contributed by atoms with Crippen molar-refractivity contribution in [2.75, 3.05) is 6.54 Å². The maximum absolute atomic E-state index is 13.1. The third-order valence-electron chi connectivity index (χ3n) is 5.13. The highest BCUT2D eigenvalue weighted by Crippen LogP contribution is 2.32. The van der Waals surface area contributed by atoms with Crippen LogP contribution in [-0.2, 0) is 4.79 Å². The molecule has 0 bridgehead atoms. The van der Waals surface area contributed by atoms with Crippen LogP contribution in [0.25, 0.3) is 6.08 Å². The van der Waals surface area contributed by atoms with Gasteiger partial charge in [-0.25, -0.2) is 0 Å². The van der Waals surface area contributed by atoms with Crippen LogP contribution in [-0.4, -0.2) is 34.5 Å². The number of carbonyl (C=O) groups excluding carboxylic acids is 1. The molecule has 0 unspecified atom stereocenters. The SMILES string of the molecule is CCCCN(C(=O)/C=C/c1ccccc1C#N)C1CC(C)(C)NC(C)(C)C1. The largest absolute Gasteiger partial charge is 0.336 e. The van der Waals surface area contributed by atoms with Crippen molar-refractivity contribution >= 4 is 12.0 Å². The van der Waals surface area contributed by atoms with Crippen molar-refractivity contribution in [2.24, 2.45) is 0 Å². The van der Waals surface area contributed by atoms with Gasteiger partial charge in [-0.2, -0.15) is 5.26 Å². The van der Waals surface area contributed by atoms with Crippen molar-refractivity contribution < 1.29 is 4.79 Å². The van der Waals surface area contributed by atoms with Crippen LogP contribution >= 0.6 is 0 Å². The van der Waals surface area contributed by atoms with Crippen LogP contribution in [0.5, 0.6) is 0 Å². The summed E-state index contributed by atoms with van der Waals surface area (Å²) in [6.07, 6.45) is 7.34. The summed E-state index contributed by atoms with van der Waals surface area (Å²) < 4.78 is 0. The van der Waals surface area contributed by atoms with Gasteiger partial charge in [0.15, 0.2) is 0 Å². The predicted molar refractivity (Wildman–Crippen MR) is 111 cm³/mol. The molecule has 4 nitrogen and oxygen atoms in total. The van der Waals surface area contributed by atoms with Crippen LogP contribution in [0, 0.1) is 11.3 Å². The second-order valence-corrected chi connectivity index (χ2v) is 8.87. The number of unbranched alkanes of at least 4 members (excludes halogenated alkanes) is 1. The van der Waals surface area contributed by atoms with Gasteiger partial charge in [-0.05, 0) is 64.7 Å². The molecular weight excluding hydrogens is 334 g/mol. The molecule has 1 aromatic rings. The molecule has 1 saturated heterocycles. The standard InChI is InChI=1S/C23H33N3O/c1-6-7-14-26(20-15-22(2,3)25-23(4,5)16-20)21(27)13-12-18-10-8-9-11-19(18)17-24/h8-13,20,25H,6-7,14-16H2,1-5H3/b13-12+. The van der Waals surface area contributed by atoms with Crippen LogP contribution in [0.1, 0.15) is 71.4 Å². The molecule has 1 fully saturated rings. The Bertz CT molecular complexity index is 711. The quantitative estimate of drug-likeness (QED) is 0.753. The Balaban J connectivity index is 2.23. The van der Waals surface area contributed by atoms with E-state index < -0.39 is 0 Å². The van der Waals surface area contributed by atoms with Gasteiger partial charge in [-0.15, -0.1) is 0 Å². The maximum atomic E-state index is 13.1. The number of nitriles is 1. The molecule has 1 aliphatic rings. The Morgan fingerprint density at radius 1 is 1.26 bits per heavy atom. The Kier molecular flexibility index (Phi) is 6.84. The van der Waals surface area contributed by atoms with Gasteiger partial charge in [0, 0.05) is 29.7 Å². The third-order valence-corrected chi connectivity index (χ3v) is 5.13. The minimum absolute atomic E-state index is 0.00567. The zero-order valence-corrected chi connectivity index (χ0v) is 17.4. The number of nitrogens with one attached hydrogen (secondary N) is 1. The summed E-state index contributed by atoms with van der Waals surface area (Å²) in [5.41, 5.74) is 1.36. The van der Waals surface area contributed by atoms with E-state index in [0.29, 0.717) is 5.56 Å². The smallest absolute Gasteiger partial charge is 0.246 e. The zero-order chi connectivity index (χ0) is 20.1. The summed E-state index contributed by atoms with van der Waals surface area (Å²) >= 11 is 0. The molecule has 1 aromatic carbocycles. The molecule has 2 rings (SSSR count). The van der Waals surface area contributed by atoms with Crippen molar-refractivity contribution in [2.45, 2.75) is 77.4 Å². The monoisotopic (exact) mass is 367 g/mol. The van der Waals surface area contributed by atoms with Crippen molar-refractivity contribution in [3.05, 3.63) is 41.5 Å². The molecule has 0 radical (unpaired) electrons. The molecule has 4 heteroatoms. The van der Waals surface area contributed by atoms with Crippen LogP contribution < -0.4 is 5.32 Å². The molecule has 0 saturated carbocycles. The third kappa shape index (κ3) is 5.94. The molecular formula is C23H33N3O. The number of nitrogens with zero attached hydrogens (tertiary/aromatic N) is 2. The summed E-state index contributed by atoms with van der Waals surface area (Å²) in [6.45, 7) is 11.8. The first kappa shape index (κ1) is 21.2.